The molecule has 0 spiro atoms. The molecular formula is C11H24N2. The molecule has 0 aromatic rings. The summed E-state index contributed by atoms with van der Waals surface area (Å²) < 4.78 is 0. The van der Waals surface area contributed by atoms with Crippen LogP contribution in [0.2, 0.25) is 0 Å². The maximum absolute atomic E-state index is 5.52. The average molecular weight is 184 g/mol. The van der Waals surface area contributed by atoms with Crippen molar-refractivity contribution in [3.63, 3.8) is 0 Å². The first-order chi connectivity index (χ1) is 6.34. The first-order valence-corrected chi connectivity index (χ1v) is 5.78. The Morgan fingerprint density at radius 1 is 1.15 bits per heavy atom. The Hall–Kier alpha value is -0.0800. The molecule has 2 N–H and O–H groups in total. The van der Waals surface area contributed by atoms with Crippen LogP contribution < -0.4 is 5.73 Å². The smallest absolute Gasteiger partial charge is 0.00673 e. The fourth-order valence-corrected chi connectivity index (χ4v) is 2.13. The highest BCUT2D eigenvalue weighted by molar-refractivity contribution is 4.70. The number of likely N-dealkylation sites (tertiary alicyclic amines) is 1. The van der Waals surface area contributed by atoms with Crippen molar-refractivity contribution in [3.8, 4) is 0 Å². The highest BCUT2D eigenvalue weighted by atomic mass is 15.1. The molecule has 13 heavy (non-hydrogen) atoms. The van der Waals surface area contributed by atoms with Crippen molar-refractivity contribution in [1.82, 2.24) is 4.90 Å². The number of rotatable bonds is 4. The molecule has 1 saturated heterocycles. The molecule has 0 amide bonds. The molecule has 1 fully saturated rings. The summed E-state index contributed by atoms with van der Waals surface area (Å²) in [5, 5.41) is 0. The second kappa shape index (κ2) is 6.39. The lowest BCUT2D eigenvalue weighted by molar-refractivity contribution is 0.205. The van der Waals surface area contributed by atoms with Gasteiger partial charge in [-0.1, -0.05) is 12.8 Å². The third kappa shape index (κ3) is 4.10. The lowest BCUT2D eigenvalue weighted by atomic mass is 10.1. The maximum Gasteiger partial charge on any atom is 0.00673 e. The number of hydrogen-bond donors (Lipinski definition) is 1. The summed E-state index contributed by atoms with van der Waals surface area (Å²) in [7, 11) is 0. The van der Waals surface area contributed by atoms with Gasteiger partial charge in [0.05, 0.1) is 0 Å². The quantitative estimate of drug-likeness (QED) is 0.724. The first-order valence-electron chi connectivity index (χ1n) is 5.78. The molecule has 0 radical (unpaired) electrons. The lowest BCUT2D eigenvalue weighted by Gasteiger charge is -2.27. The largest absolute Gasteiger partial charge is 0.330 e. The van der Waals surface area contributed by atoms with Gasteiger partial charge in [0.2, 0.25) is 0 Å². The molecule has 2 heteroatoms. The van der Waals surface area contributed by atoms with Crippen molar-refractivity contribution in [2.75, 3.05) is 19.6 Å². The lowest BCUT2D eigenvalue weighted by Crippen LogP contribution is -2.34. The van der Waals surface area contributed by atoms with Crippen LogP contribution in [0.15, 0.2) is 0 Å². The van der Waals surface area contributed by atoms with Gasteiger partial charge in [-0.3, -0.25) is 0 Å². The summed E-state index contributed by atoms with van der Waals surface area (Å²) in [6.45, 7) is 5.82. The van der Waals surface area contributed by atoms with Crippen molar-refractivity contribution in [1.29, 1.82) is 0 Å². The summed E-state index contributed by atoms with van der Waals surface area (Å²) in [6, 6.07) is 0.752. The fraction of sp³-hybridized carbons (Fsp3) is 1.00. The summed E-state index contributed by atoms with van der Waals surface area (Å²) in [5.74, 6) is 0. The molecule has 1 rings (SSSR count). The number of nitrogens with two attached hydrogens (primary N) is 1. The van der Waals surface area contributed by atoms with Crippen molar-refractivity contribution < 1.29 is 0 Å². The van der Waals surface area contributed by atoms with Gasteiger partial charge in [0, 0.05) is 6.04 Å². The standard InChI is InChI=1S/C11H24N2/c1-11(7-6-8-12)13-9-4-2-3-5-10-13/h11H,2-10,12H2,1H3/t11-/m1/s1. The highest BCUT2D eigenvalue weighted by Gasteiger charge is 2.14. The minimum absolute atomic E-state index is 0.752. The number of nitrogens with zero attached hydrogens (tertiary/aromatic N) is 1. The predicted octanol–water partition coefficient (Wildman–Crippen LogP) is 1.99. The van der Waals surface area contributed by atoms with Crippen molar-refractivity contribution in [2.24, 2.45) is 5.73 Å². The minimum Gasteiger partial charge on any atom is -0.330 e. The molecule has 1 heterocycles. The van der Waals surface area contributed by atoms with Gasteiger partial charge in [-0.2, -0.15) is 0 Å². The van der Waals surface area contributed by atoms with Crippen LogP contribution in [-0.2, 0) is 0 Å². The maximum atomic E-state index is 5.52. The first kappa shape index (κ1) is 11.0. The van der Waals surface area contributed by atoms with Gasteiger partial charge in [0.1, 0.15) is 0 Å². The minimum atomic E-state index is 0.752. The molecule has 1 aliphatic rings. The molecule has 0 unspecified atom stereocenters. The molecule has 0 aromatic carbocycles. The summed E-state index contributed by atoms with van der Waals surface area (Å²) in [4.78, 5) is 2.64. The van der Waals surface area contributed by atoms with Crippen molar-refractivity contribution in [3.05, 3.63) is 0 Å². The molecule has 1 atom stereocenters. The summed E-state index contributed by atoms with van der Waals surface area (Å²) in [5.41, 5.74) is 5.52. The van der Waals surface area contributed by atoms with E-state index in [1.54, 1.807) is 0 Å². The van der Waals surface area contributed by atoms with Crippen LogP contribution in [0.3, 0.4) is 0 Å². The monoisotopic (exact) mass is 184 g/mol. The van der Waals surface area contributed by atoms with Crippen molar-refractivity contribution >= 4 is 0 Å². The Morgan fingerprint density at radius 2 is 1.77 bits per heavy atom. The number of hydrogen-bond acceptors (Lipinski definition) is 2. The van der Waals surface area contributed by atoms with Crippen LogP contribution >= 0.6 is 0 Å². The topological polar surface area (TPSA) is 29.3 Å². The second-order valence-corrected chi connectivity index (χ2v) is 4.23. The Kier molecular flexibility index (Phi) is 5.40. The second-order valence-electron chi connectivity index (χ2n) is 4.23. The molecular weight excluding hydrogens is 160 g/mol. The van der Waals surface area contributed by atoms with Gasteiger partial charge in [0.15, 0.2) is 0 Å². The van der Waals surface area contributed by atoms with E-state index < -0.39 is 0 Å². The van der Waals surface area contributed by atoms with Gasteiger partial charge >= 0.3 is 0 Å². The van der Waals surface area contributed by atoms with E-state index in [-0.39, 0.29) is 0 Å². The van der Waals surface area contributed by atoms with Crippen LogP contribution in [0, 0.1) is 0 Å². The van der Waals surface area contributed by atoms with E-state index in [2.05, 4.69) is 11.8 Å². The Bertz CT molecular complexity index is 117. The zero-order chi connectivity index (χ0) is 9.52. The molecule has 2 nitrogen and oxygen atoms in total. The summed E-state index contributed by atoms with van der Waals surface area (Å²) >= 11 is 0. The average Bonchev–Trinajstić information content (AvgIpc) is 2.42. The third-order valence-electron chi connectivity index (χ3n) is 3.09. The molecule has 0 aliphatic carbocycles. The molecule has 78 valence electrons. The third-order valence-corrected chi connectivity index (χ3v) is 3.09. The van der Waals surface area contributed by atoms with E-state index in [4.69, 9.17) is 5.73 Å². The van der Waals surface area contributed by atoms with Gasteiger partial charge < -0.3 is 10.6 Å². The van der Waals surface area contributed by atoms with E-state index in [9.17, 15) is 0 Å². The van der Waals surface area contributed by atoms with Gasteiger partial charge in [0.25, 0.3) is 0 Å². The summed E-state index contributed by atoms with van der Waals surface area (Å²) in [6.07, 6.45) is 8.11. The molecule has 0 bridgehead atoms. The molecule has 0 aromatic heterocycles. The van der Waals surface area contributed by atoms with E-state index in [1.165, 1.54) is 51.6 Å². The van der Waals surface area contributed by atoms with Gasteiger partial charge in [-0.25, -0.2) is 0 Å². The van der Waals surface area contributed by atoms with E-state index >= 15 is 0 Å². The van der Waals surface area contributed by atoms with Crippen LogP contribution in [-0.4, -0.2) is 30.6 Å². The van der Waals surface area contributed by atoms with E-state index in [0.717, 1.165) is 12.6 Å². The SMILES string of the molecule is C[C@H](CCCN)N1CCCCCC1. The zero-order valence-corrected chi connectivity index (χ0v) is 8.97. The predicted molar refractivity (Wildman–Crippen MR) is 57.8 cm³/mol. The highest BCUT2D eigenvalue weighted by Crippen LogP contribution is 2.14. The van der Waals surface area contributed by atoms with Gasteiger partial charge in [-0.05, 0) is 52.2 Å². The fourth-order valence-electron chi connectivity index (χ4n) is 2.13. The Morgan fingerprint density at radius 3 is 2.31 bits per heavy atom. The Labute approximate surface area is 82.5 Å². The van der Waals surface area contributed by atoms with Crippen molar-refractivity contribution in [2.45, 2.75) is 51.5 Å². The van der Waals surface area contributed by atoms with Crippen LogP contribution in [0.1, 0.15) is 45.4 Å². The Balaban J connectivity index is 2.22. The van der Waals surface area contributed by atoms with Gasteiger partial charge in [-0.15, -0.1) is 0 Å². The van der Waals surface area contributed by atoms with Crippen LogP contribution in [0.4, 0.5) is 0 Å². The zero-order valence-electron chi connectivity index (χ0n) is 8.97. The normalized spacial score (nSPS) is 22.6. The van der Waals surface area contributed by atoms with Crippen LogP contribution in [0.25, 0.3) is 0 Å². The molecule has 0 saturated carbocycles. The van der Waals surface area contributed by atoms with Crippen LogP contribution in [0.5, 0.6) is 0 Å². The van der Waals surface area contributed by atoms with E-state index in [0.29, 0.717) is 0 Å². The molecule has 1 aliphatic heterocycles. The van der Waals surface area contributed by atoms with E-state index in [1.807, 2.05) is 0 Å².